The lowest BCUT2D eigenvalue weighted by Gasteiger charge is -2.22. The molecule has 0 bridgehead atoms. The molecular formula is C20H33N3O2. The normalized spacial score (nSPS) is 15.1. The number of methoxy groups -OCH3 is 1. The number of ether oxygens (including phenoxy) is 1. The predicted molar refractivity (Wildman–Crippen MR) is 102 cm³/mol. The van der Waals surface area contributed by atoms with Gasteiger partial charge in [-0.1, -0.05) is 31.4 Å². The summed E-state index contributed by atoms with van der Waals surface area (Å²) in [7, 11) is 1.58. The zero-order valence-corrected chi connectivity index (χ0v) is 15.5. The monoisotopic (exact) mass is 347 g/mol. The predicted octanol–water partition coefficient (Wildman–Crippen LogP) is 2.72. The molecule has 0 saturated heterocycles. The van der Waals surface area contributed by atoms with Gasteiger partial charge in [-0.15, -0.1) is 0 Å². The van der Waals surface area contributed by atoms with E-state index in [9.17, 15) is 4.79 Å². The minimum absolute atomic E-state index is 0.0675. The fourth-order valence-electron chi connectivity index (χ4n) is 3.30. The first-order valence-electron chi connectivity index (χ1n) is 9.66. The van der Waals surface area contributed by atoms with Crippen molar-refractivity contribution in [3.8, 4) is 5.75 Å². The number of hydrogen-bond donors (Lipinski definition) is 3. The minimum Gasteiger partial charge on any atom is -0.496 e. The van der Waals surface area contributed by atoms with E-state index in [0.717, 1.165) is 38.5 Å². The van der Waals surface area contributed by atoms with Crippen molar-refractivity contribution in [3.63, 3.8) is 0 Å². The molecule has 0 radical (unpaired) electrons. The maximum Gasteiger partial charge on any atom is 0.255 e. The second-order valence-corrected chi connectivity index (χ2v) is 6.70. The summed E-state index contributed by atoms with van der Waals surface area (Å²) in [5.74, 6) is 0.550. The molecule has 1 aliphatic carbocycles. The largest absolute Gasteiger partial charge is 0.496 e. The lowest BCUT2D eigenvalue weighted by Crippen LogP contribution is -2.36. The number of unbranched alkanes of at least 4 members (excludes halogenated alkanes) is 1. The number of benzene rings is 1. The Labute approximate surface area is 151 Å². The van der Waals surface area contributed by atoms with Crippen LogP contribution in [-0.2, 0) is 0 Å². The van der Waals surface area contributed by atoms with Crippen LogP contribution >= 0.6 is 0 Å². The van der Waals surface area contributed by atoms with Gasteiger partial charge >= 0.3 is 0 Å². The molecule has 1 fully saturated rings. The van der Waals surface area contributed by atoms with Gasteiger partial charge in [-0.25, -0.2) is 0 Å². The number of nitrogens with one attached hydrogen (secondary N) is 3. The number of carbonyl (C=O) groups is 1. The highest BCUT2D eigenvalue weighted by Crippen LogP contribution is 2.17. The number of carbonyl (C=O) groups excluding carboxylic acids is 1. The Morgan fingerprint density at radius 2 is 1.80 bits per heavy atom. The molecule has 5 nitrogen and oxygen atoms in total. The molecule has 0 spiro atoms. The van der Waals surface area contributed by atoms with Gasteiger partial charge in [-0.2, -0.15) is 0 Å². The van der Waals surface area contributed by atoms with Crippen LogP contribution in [0.1, 0.15) is 55.3 Å². The van der Waals surface area contributed by atoms with Crippen molar-refractivity contribution in [2.75, 3.05) is 33.3 Å². The first-order chi connectivity index (χ1) is 12.3. The van der Waals surface area contributed by atoms with Crippen LogP contribution in [0.15, 0.2) is 24.3 Å². The molecule has 0 aliphatic heterocycles. The highest BCUT2D eigenvalue weighted by atomic mass is 16.5. The summed E-state index contributed by atoms with van der Waals surface area (Å²) in [6, 6.07) is 8.04. The van der Waals surface area contributed by atoms with Gasteiger partial charge in [0.2, 0.25) is 0 Å². The van der Waals surface area contributed by atoms with E-state index < -0.39 is 0 Å². The Morgan fingerprint density at radius 1 is 1.04 bits per heavy atom. The van der Waals surface area contributed by atoms with Gasteiger partial charge in [0.1, 0.15) is 5.75 Å². The number of para-hydroxylation sites is 1. The lowest BCUT2D eigenvalue weighted by molar-refractivity contribution is 0.0950. The molecule has 0 atom stereocenters. The third kappa shape index (κ3) is 7.45. The van der Waals surface area contributed by atoms with E-state index in [2.05, 4.69) is 16.0 Å². The standard InChI is InChI=1S/C20H33N3O2/c1-25-19-12-6-5-11-18(19)20(24)23-14-8-7-13-21-15-16-22-17-9-3-2-4-10-17/h5-6,11-12,17,21-22H,2-4,7-10,13-16H2,1H3,(H,23,24). The van der Waals surface area contributed by atoms with Gasteiger partial charge in [0.25, 0.3) is 5.91 Å². The molecular weight excluding hydrogens is 314 g/mol. The molecule has 1 saturated carbocycles. The van der Waals surface area contributed by atoms with Gasteiger partial charge in [-0.05, 0) is 44.4 Å². The average Bonchev–Trinajstić information content (AvgIpc) is 2.67. The Morgan fingerprint density at radius 3 is 2.60 bits per heavy atom. The second kappa shape index (κ2) is 11.9. The third-order valence-electron chi connectivity index (χ3n) is 4.76. The van der Waals surface area contributed by atoms with Crippen molar-refractivity contribution in [2.45, 2.75) is 51.0 Å². The first kappa shape index (κ1) is 19.7. The van der Waals surface area contributed by atoms with E-state index in [4.69, 9.17) is 4.74 Å². The fourth-order valence-corrected chi connectivity index (χ4v) is 3.30. The van der Waals surface area contributed by atoms with Crippen LogP contribution in [-0.4, -0.2) is 45.2 Å². The minimum atomic E-state index is -0.0675. The van der Waals surface area contributed by atoms with Crippen LogP contribution < -0.4 is 20.7 Å². The van der Waals surface area contributed by atoms with Crippen LogP contribution in [0.5, 0.6) is 5.75 Å². The molecule has 140 valence electrons. The van der Waals surface area contributed by atoms with Crippen molar-refractivity contribution in [1.82, 2.24) is 16.0 Å². The molecule has 1 amide bonds. The molecule has 0 unspecified atom stereocenters. The fraction of sp³-hybridized carbons (Fsp3) is 0.650. The summed E-state index contributed by atoms with van der Waals surface area (Å²) in [5, 5.41) is 10.1. The molecule has 0 heterocycles. The Hall–Kier alpha value is -1.59. The molecule has 3 N–H and O–H groups in total. The molecule has 5 heteroatoms. The Bertz CT molecular complexity index is 501. The van der Waals surface area contributed by atoms with Crippen molar-refractivity contribution < 1.29 is 9.53 Å². The Kier molecular flexibility index (Phi) is 9.37. The summed E-state index contributed by atoms with van der Waals surface area (Å²) in [6.45, 7) is 3.76. The topological polar surface area (TPSA) is 62.4 Å². The number of hydrogen-bond acceptors (Lipinski definition) is 4. The quantitative estimate of drug-likeness (QED) is 0.539. The summed E-state index contributed by atoms with van der Waals surface area (Å²) in [5.41, 5.74) is 0.594. The van der Waals surface area contributed by atoms with Gasteiger partial charge in [0, 0.05) is 25.7 Å². The third-order valence-corrected chi connectivity index (χ3v) is 4.76. The first-order valence-corrected chi connectivity index (χ1v) is 9.66. The van der Waals surface area contributed by atoms with E-state index in [0.29, 0.717) is 17.9 Å². The maximum atomic E-state index is 12.1. The molecule has 1 aromatic carbocycles. The molecule has 1 aliphatic rings. The highest BCUT2D eigenvalue weighted by Gasteiger charge is 2.12. The van der Waals surface area contributed by atoms with E-state index in [1.165, 1.54) is 32.1 Å². The van der Waals surface area contributed by atoms with Crippen LogP contribution in [0.25, 0.3) is 0 Å². The molecule has 2 rings (SSSR count). The van der Waals surface area contributed by atoms with Gasteiger partial charge in [-0.3, -0.25) is 4.79 Å². The van der Waals surface area contributed by atoms with Crippen LogP contribution in [0.2, 0.25) is 0 Å². The SMILES string of the molecule is COc1ccccc1C(=O)NCCCCNCCNC1CCCCC1. The van der Waals surface area contributed by atoms with E-state index in [1.54, 1.807) is 19.2 Å². The van der Waals surface area contributed by atoms with Gasteiger partial charge < -0.3 is 20.7 Å². The van der Waals surface area contributed by atoms with Crippen LogP contribution in [0, 0.1) is 0 Å². The van der Waals surface area contributed by atoms with Gasteiger partial charge in [0.05, 0.1) is 12.7 Å². The van der Waals surface area contributed by atoms with Crippen LogP contribution in [0.4, 0.5) is 0 Å². The zero-order chi connectivity index (χ0) is 17.7. The van der Waals surface area contributed by atoms with Crippen molar-refractivity contribution in [1.29, 1.82) is 0 Å². The molecule has 0 aromatic heterocycles. The maximum absolute atomic E-state index is 12.1. The summed E-state index contributed by atoms with van der Waals surface area (Å²) >= 11 is 0. The second-order valence-electron chi connectivity index (χ2n) is 6.70. The summed E-state index contributed by atoms with van der Waals surface area (Å²) < 4.78 is 5.22. The van der Waals surface area contributed by atoms with Gasteiger partial charge in [0.15, 0.2) is 0 Å². The molecule has 25 heavy (non-hydrogen) atoms. The van der Waals surface area contributed by atoms with Crippen molar-refractivity contribution in [2.24, 2.45) is 0 Å². The average molecular weight is 348 g/mol. The zero-order valence-electron chi connectivity index (χ0n) is 15.5. The lowest BCUT2D eigenvalue weighted by atomic mass is 9.95. The summed E-state index contributed by atoms with van der Waals surface area (Å²) in [4.78, 5) is 12.1. The molecule has 1 aromatic rings. The number of rotatable bonds is 11. The van der Waals surface area contributed by atoms with Crippen molar-refractivity contribution >= 4 is 5.91 Å². The van der Waals surface area contributed by atoms with E-state index in [1.807, 2.05) is 12.1 Å². The number of amides is 1. The summed E-state index contributed by atoms with van der Waals surface area (Å²) in [6.07, 6.45) is 8.89. The van der Waals surface area contributed by atoms with Crippen molar-refractivity contribution in [3.05, 3.63) is 29.8 Å². The van der Waals surface area contributed by atoms with E-state index in [-0.39, 0.29) is 5.91 Å². The highest BCUT2D eigenvalue weighted by molar-refractivity contribution is 5.96. The smallest absolute Gasteiger partial charge is 0.255 e. The Balaban J connectivity index is 1.46. The van der Waals surface area contributed by atoms with E-state index >= 15 is 0 Å². The van der Waals surface area contributed by atoms with Crippen LogP contribution in [0.3, 0.4) is 0 Å².